The number of phenols is 1. The van der Waals surface area contributed by atoms with E-state index >= 15 is 0 Å². The van der Waals surface area contributed by atoms with Crippen molar-refractivity contribution in [1.29, 1.82) is 0 Å². The predicted octanol–water partition coefficient (Wildman–Crippen LogP) is 3.45. The summed E-state index contributed by atoms with van der Waals surface area (Å²) in [5, 5.41) is 9.43. The number of amides is 2. The van der Waals surface area contributed by atoms with Gasteiger partial charge in [0.1, 0.15) is 11.5 Å². The van der Waals surface area contributed by atoms with Crippen LogP contribution in [0.25, 0.3) is 0 Å². The fraction of sp³-hybridized carbons (Fsp3) is 0.364. The molecule has 0 spiro atoms. The summed E-state index contributed by atoms with van der Waals surface area (Å²) in [5.74, 6) is 0.237. The molecule has 0 radical (unpaired) electrons. The molecule has 6 nitrogen and oxygen atoms in total. The van der Waals surface area contributed by atoms with Crippen LogP contribution in [-0.2, 0) is 4.79 Å². The zero-order chi connectivity index (χ0) is 19.9. The normalized spacial score (nSPS) is 14.2. The standard InChI is InChI=1S/C22H26N2O4/c1-23(17-10-12-18(25)13-11-17)22(27)19-8-4-5-9-20(19)28-16-21(26)24-14-6-2-3-7-15-24/h4-5,8-13,25H,2-3,6-7,14-16H2,1H3. The van der Waals surface area contributed by atoms with E-state index in [0.29, 0.717) is 17.0 Å². The highest BCUT2D eigenvalue weighted by molar-refractivity contribution is 6.07. The van der Waals surface area contributed by atoms with Gasteiger partial charge < -0.3 is 19.6 Å². The van der Waals surface area contributed by atoms with E-state index < -0.39 is 0 Å². The highest BCUT2D eigenvalue weighted by atomic mass is 16.5. The van der Waals surface area contributed by atoms with Crippen LogP contribution < -0.4 is 9.64 Å². The van der Waals surface area contributed by atoms with E-state index in [-0.39, 0.29) is 24.2 Å². The van der Waals surface area contributed by atoms with Crippen LogP contribution in [0.5, 0.6) is 11.5 Å². The summed E-state index contributed by atoms with van der Waals surface area (Å²) in [6, 6.07) is 13.3. The Kier molecular flexibility index (Phi) is 6.53. The first-order valence-electron chi connectivity index (χ1n) is 9.63. The number of phenolic OH excluding ortho intramolecular Hbond substituents is 1. The first kappa shape index (κ1) is 19.7. The zero-order valence-corrected chi connectivity index (χ0v) is 16.1. The van der Waals surface area contributed by atoms with Gasteiger partial charge in [0.15, 0.2) is 6.61 Å². The lowest BCUT2D eigenvalue weighted by atomic mass is 10.1. The number of aromatic hydroxyl groups is 1. The first-order chi connectivity index (χ1) is 13.6. The molecule has 1 heterocycles. The summed E-state index contributed by atoms with van der Waals surface area (Å²) in [6.45, 7) is 1.46. The van der Waals surface area contributed by atoms with Crippen molar-refractivity contribution in [3.05, 3.63) is 54.1 Å². The number of likely N-dealkylation sites (tertiary alicyclic amines) is 1. The number of nitrogens with zero attached hydrogens (tertiary/aromatic N) is 2. The topological polar surface area (TPSA) is 70.1 Å². The smallest absolute Gasteiger partial charge is 0.261 e. The van der Waals surface area contributed by atoms with Crippen LogP contribution >= 0.6 is 0 Å². The van der Waals surface area contributed by atoms with Crippen molar-refractivity contribution >= 4 is 17.5 Å². The van der Waals surface area contributed by atoms with E-state index in [1.54, 1.807) is 43.4 Å². The Labute approximate surface area is 165 Å². The maximum atomic E-state index is 12.9. The second-order valence-electron chi connectivity index (χ2n) is 6.96. The lowest BCUT2D eigenvalue weighted by molar-refractivity contribution is -0.133. The van der Waals surface area contributed by atoms with Crippen LogP contribution in [0.15, 0.2) is 48.5 Å². The van der Waals surface area contributed by atoms with Crippen molar-refractivity contribution in [3.8, 4) is 11.5 Å². The third-order valence-electron chi connectivity index (χ3n) is 4.97. The molecule has 0 aromatic heterocycles. The molecule has 2 aromatic carbocycles. The van der Waals surface area contributed by atoms with E-state index in [0.717, 1.165) is 38.8 Å². The number of hydrogen-bond acceptors (Lipinski definition) is 4. The molecule has 28 heavy (non-hydrogen) atoms. The van der Waals surface area contributed by atoms with Crippen LogP contribution in [0.1, 0.15) is 36.0 Å². The second kappa shape index (κ2) is 9.26. The Hall–Kier alpha value is -3.02. The summed E-state index contributed by atoms with van der Waals surface area (Å²) >= 11 is 0. The molecule has 1 N–H and O–H groups in total. The summed E-state index contributed by atoms with van der Waals surface area (Å²) in [7, 11) is 1.66. The predicted molar refractivity (Wildman–Crippen MR) is 108 cm³/mol. The summed E-state index contributed by atoms with van der Waals surface area (Å²) in [6.07, 6.45) is 4.37. The molecule has 0 saturated carbocycles. The minimum absolute atomic E-state index is 0.0453. The van der Waals surface area contributed by atoms with E-state index in [1.807, 2.05) is 4.90 Å². The van der Waals surface area contributed by atoms with Gasteiger partial charge in [-0.2, -0.15) is 0 Å². The Bertz CT molecular complexity index is 812. The van der Waals surface area contributed by atoms with Crippen LogP contribution in [0, 0.1) is 0 Å². The first-order valence-corrected chi connectivity index (χ1v) is 9.63. The molecule has 1 aliphatic rings. The molecule has 0 aliphatic carbocycles. The summed E-state index contributed by atoms with van der Waals surface area (Å²) in [5.41, 5.74) is 1.04. The van der Waals surface area contributed by atoms with Gasteiger partial charge in [-0.1, -0.05) is 25.0 Å². The zero-order valence-electron chi connectivity index (χ0n) is 16.1. The number of rotatable bonds is 5. The Balaban J connectivity index is 1.69. The summed E-state index contributed by atoms with van der Waals surface area (Å²) in [4.78, 5) is 28.7. The van der Waals surface area contributed by atoms with Crippen molar-refractivity contribution in [2.45, 2.75) is 25.7 Å². The van der Waals surface area contributed by atoms with E-state index in [2.05, 4.69) is 0 Å². The molecule has 0 unspecified atom stereocenters. The molecule has 148 valence electrons. The summed E-state index contributed by atoms with van der Waals surface area (Å²) < 4.78 is 5.74. The highest BCUT2D eigenvalue weighted by Gasteiger charge is 2.20. The third kappa shape index (κ3) is 4.82. The molecule has 1 fully saturated rings. The van der Waals surface area contributed by atoms with Gasteiger partial charge in [0, 0.05) is 25.8 Å². The van der Waals surface area contributed by atoms with Crippen LogP contribution in [0.2, 0.25) is 0 Å². The Morgan fingerprint density at radius 3 is 2.32 bits per heavy atom. The number of hydrogen-bond donors (Lipinski definition) is 1. The second-order valence-corrected chi connectivity index (χ2v) is 6.96. The molecule has 1 saturated heterocycles. The van der Waals surface area contributed by atoms with Gasteiger partial charge in [0.25, 0.3) is 11.8 Å². The van der Waals surface area contributed by atoms with Crippen molar-refractivity contribution < 1.29 is 19.4 Å². The minimum atomic E-state index is -0.247. The number of carbonyl (C=O) groups is 2. The maximum absolute atomic E-state index is 12.9. The van der Waals surface area contributed by atoms with Gasteiger partial charge in [0.05, 0.1) is 5.56 Å². The molecular weight excluding hydrogens is 356 g/mol. The number of carbonyl (C=O) groups excluding carboxylic acids is 2. The fourth-order valence-corrected chi connectivity index (χ4v) is 3.29. The Morgan fingerprint density at radius 1 is 1.00 bits per heavy atom. The number of benzene rings is 2. The molecular formula is C22H26N2O4. The Morgan fingerprint density at radius 2 is 1.64 bits per heavy atom. The quantitative estimate of drug-likeness (QED) is 0.860. The minimum Gasteiger partial charge on any atom is -0.508 e. The molecule has 1 aliphatic heterocycles. The van der Waals surface area contributed by atoms with Gasteiger partial charge in [-0.15, -0.1) is 0 Å². The maximum Gasteiger partial charge on any atom is 0.261 e. The van der Waals surface area contributed by atoms with Gasteiger partial charge >= 0.3 is 0 Å². The van der Waals surface area contributed by atoms with E-state index in [9.17, 15) is 14.7 Å². The molecule has 3 rings (SSSR count). The molecule has 2 aromatic rings. The molecule has 0 bridgehead atoms. The average molecular weight is 382 g/mol. The average Bonchev–Trinajstić information content (AvgIpc) is 3.01. The van der Waals surface area contributed by atoms with Crippen molar-refractivity contribution in [1.82, 2.24) is 4.90 Å². The lowest BCUT2D eigenvalue weighted by Gasteiger charge is -2.22. The van der Waals surface area contributed by atoms with Gasteiger partial charge in [-0.3, -0.25) is 9.59 Å². The van der Waals surface area contributed by atoms with E-state index in [1.165, 1.54) is 17.0 Å². The van der Waals surface area contributed by atoms with Crippen molar-refractivity contribution in [3.63, 3.8) is 0 Å². The van der Waals surface area contributed by atoms with Gasteiger partial charge in [-0.05, 0) is 49.2 Å². The van der Waals surface area contributed by atoms with Crippen molar-refractivity contribution in [2.75, 3.05) is 31.6 Å². The highest BCUT2D eigenvalue weighted by Crippen LogP contribution is 2.24. The van der Waals surface area contributed by atoms with Crippen LogP contribution in [-0.4, -0.2) is 48.6 Å². The monoisotopic (exact) mass is 382 g/mol. The van der Waals surface area contributed by atoms with E-state index in [4.69, 9.17) is 4.74 Å². The number of anilines is 1. The number of ether oxygens (including phenoxy) is 1. The van der Waals surface area contributed by atoms with Crippen molar-refractivity contribution in [2.24, 2.45) is 0 Å². The third-order valence-corrected chi connectivity index (χ3v) is 4.97. The molecule has 6 heteroatoms. The fourth-order valence-electron chi connectivity index (χ4n) is 3.29. The lowest BCUT2D eigenvalue weighted by Crippen LogP contribution is -2.35. The molecule has 0 atom stereocenters. The van der Waals surface area contributed by atoms with Crippen LogP contribution in [0.3, 0.4) is 0 Å². The SMILES string of the molecule is CN(C(=O)c1ccccc1OCC(=O)N1CCCCCC1)c1ccc(O)cc1. The van der Waals surface area contributed by atoms with Crippen LogP contribution in [0.4, 0.5) is 5.69 Å². The largest absolute Gasteiger partial charge is 0.508 e. The molecule has 2 amide bonds. The van der Waals surface area contributed by atoms with Gasteiger partial charge in [0.2, 0.25) is 0 Å². The number of para-hydroxylation sites is 1. The van der Waals surface area contributed by atoms with Gasteiger partial charge in [-0.25, -0.2) is 0 Å².